The molecule has 0 saturated carbocycles. The van der Waals surface area contributed by atoms with Crippen LogP contribution in [0, 0.1) is 12.8 Å². The van der Waals surface area contributed by atoms with Gasteiger partial charge in [0.05, 0.1) is 17.1 Å². The smallest absolute Gasteiger partial charge is 0.0722 e. The van der Waals surface area contributed by atoms with Crippen molar-refractivity contribution in [2.24, 2.45) is 0 Å². The van der Waals surface area contributed by atoms with Crippen LogP contribution in [0.25, 0.3) is 33.3 Å². The van der Waals surface area contributed by atoms with Gasteiger partial charge in [-0.3, -0.25) is 9.97 Å². The van der Waals surface area contributed by atoms with E-state index in [0.29, 0.717) is 12.1 Å². The molecule has 0 amide bonds. The molecule has 3 aromatic heterocycles. The summed E-state index contributed by atoms with van der Waals surface area (Å²) in [5.74, 6) is 0. The molecule has 0 saturated heterocycles. The second-order valence-corrected chi connectivity index (χ2v) is 10.1. The molecule has 190 valence electrons. The van der Waals surface area contributed by atoms with Gasteiger partial charge in [0.2, 0.25) is 0 Å². The molecule has 0 unspecified atom stereocenters. The van der Waals surface area contributed by atoms with Crippen molar-refractivity contribution in [1.82, 2.24) is 19.9 Å². The highest BCUT2D eigenvalue weighted by Gasteiger charge is 2.15. The molecule has 0 bridgehead atoms. The molecule has 0 aliphatic heterocycles. The van der Waals surface area contributed by atoms with Crippen LogP contribution < -0.4 is 5.73 Å². The molecule has 0 spiro atoms. The molecule has 6 rings (SSSR count). The first kappa shape index (κ1) is 25.3. The number of rotatable bonds is 6. The van der Waals surface area contributed by atoms with E-state index in [4.69, 9.17) is 10.7 Å². The first-order valence-corrected chi connectivity index (χ1v) is 12.9. The van der Waals surface area contributed by atoms with E-state index in [9.17, 15) is 0 Å². The van der Waals surface area contributed by atoms with Crippen LogP contribution >= 0.6 is 0 Å². The Kier molecular flexibility index (Phi) is 7.26. The lowest BCUT2D eigenvalue weighted by atomic mass is 9.98. The number of H-pyrrole nitrogens is 1. The molecule has 0 atom stereocenters. The summed E-state index contributed by atoms with van der Waals surface area (Å²) in [6.45, 7) is 0.838. The van der Waals surface area contributed by atoms with Crippen LogP contribution in [0.1, 0.15) is 34.5 Å². The number of nitrogens with zero attached hydrogens (tertiary/aromatic N) is 3. The van der Waals surface area contributed by atoms with E-state index in [1.54, 1.807) is 0 Å². The number of nitrogens with two attached hydrogens (primary N) is 1. The van der Waals surface area contributed by atoms with E-state index in [2.05, 4.69) is 90.3 Å². The molecular weight excluding hydrogens is 466 g/mol. The van der Waals surface area contributed by atoms with Crippen molar-refractivity contribution in [3.63, 3.8) is 0 Å². The Labute approximate surface area is 224 Å². The van der Waals surface area contributed by atoms with Crippen LogP contribution in [0.4, 0.5) is 5.69 Å². The van der Waals surface area contributed by atoms with Gasteiger partial charge < -0.3 is 15.6 Å². The number of aryl methyl sites for hydroxylation is 2. The molecule has 5 aromatic rings. The summed E-state index contributed by atoms with van der Waals surface area (Å²) in [5.41, 5.74) is 18.8. The quantitative estimate of drug-likeness (QED) is 0.270. The standard InChI is InChI=1S/C31H31N5.C2H2/c1-36(2)19-20-13-24(18-33-17-20)29-12-11-28(32)31(35-29)16-25-15-27-26(7-4-8-30(27)34-25)23-10-9-21-5-3-6-22(21)14-23;1-2/h4,7-15,17-18,34H,3,5-6,16,19,32H2,1-2H3;1-2H. The molecule has 5 nitrogen and oxygen atoms in total. The highest BCUT2D eigenvalue weighted by atomic mass is 15.0. The zero-order valence-electron chi connectivity index (χ0n) is 22.0. The predicted molar refractivity (Wildman–Crippen MR) is 158 cm³/mol. The van der Waals surface area contributed by atoms with Crippen LogP contribution in [0.2, 0.25) is 0 Å². The molecule has 0 fully saturated rings. The molecule has 0 radical (unpaired) electrons. The number of aromatic amines is 1. The summed E-state index contributed by atoms with van der Waals surface area (Å²) >= 11 is 0. The minimum absolute atomic E-state index is 0.642. The molecule has 5 heteroatoms. The van der Waals surface area contributed by atoms with E-state index < -0.39 is 0 Å². The van der Waals surface area contributed by atoms with E-state index in [0.717, 1.165) is 40.3 Å². The van der Waals surface area contributed by atoms with Crippen molar-refractivity contribution in [2.75, 3.05) is 19.8 Å². The van der Waals surface area contributed by atoms with Gasteiger partial charge in [-0.15, -0.1) is 12.8 Å². The summed E-state index contributed by atoms with van der Waals surface area (Å²) in [6, 6.07) is 21.8. The number of benzene rings is 2. The van der Waals surface area contributed by atoms with Gasteiger partial charge in [0.15, 0.2) is 0 Å². The average molecular weight is 500 g/mol. The van der Waals surface area contributed by atoms with Crippen LogP contribution in [-0.2, 0) is 25.8 Å². The molecule has 3 heterocycles. The zero-order chi connectivity index (χ0) is 26.6. The van der Waals surface area contributed by atoms with Crippen molar-refractivity contribution in [3.05, 3.63) is 101 Å². The van der Waals surface area contributed by atoms with Crippen molar-refractivity contribution in [2.45, 2.75) is 32.2 Å². The Morgan fingerprint density at radius 1 is 0.921 bits per heavy atom. The van der Waals surface area contributed by atoms with Gasteiger partial charge in [0.25, 0.3) is 0 Å². The topological polar surface area (TPSA) is 70.8 Å². The Morgan fingerprint density at radius 2 is 1.76 bits per heavy atom. The Balaban J connectivity index is 0.00000144. The number of aromatic nitrogens is 3. The maximum atomic E-state index is 6.38. The fraction of sp³-hybridized carbons (Fsp3) is 0.212. The summed E-state index contributed by atoms with van der Waals surface area (Å²) in [6.07, 6.45) is 16.1. The number of nitrogens with one attached hydrogen (secondary N) is 1. The van der Waals surface area contributed by atoms with Crippen LogP contribution in [0.15, 0.2) is 73.1 Å². The second-order valence-electron chi connectivity index (χ2n) is 10.1. The Morgan fingerprint density at radius 3 is 2.61 bits per heavy atom. The number of fused-ring (bicyclic) bond motifs is 2. The lowest BCUT2D eigenvalue weighted by molar-refractivity contribution is 0.402. The number of pyridine rings is 2. The summed E-state index contributed by atoms with van der Waals surface area (Å²) in [7, 11) is 4.12. The SMILES string of the molecule is C#C.CN(C)Cc1cncc(-c2ccc(N)c(Cc3cc4c(-c5ccc6c(c5)CCC6)cccc4[nH]3)n2)c1. The number of hydrogen-bond acceptors (Lipinski definition) is 4. The average Bonchev–Trinajstić information content (AvgIpc) is 3.57. The van der Waals surface area contributed by atoms with Gasteiger partial charge in [0.1, 0.15) is 0 Å². The van der Waals surface area contributed by atoms with Crippen molar-refractivity contribution in [3.8, 4) is 35.2 Å². The van der Waals surface area contributed by atoms with Crippen molar-refractivity contribution >= 4 is 16.6 Å². The molecule has 3 N–H and O–H groups in total. The summed E-state index contributed by atoms with van der Waals surface area (Å²) in [5, 5.41) is 1.24. The fourth-order valence-corrected chi connectivity index (χ4v) is 5.37. The minimum Gasteiger partial charge on any atom is -0.397 e. The Bertz CT molecular complexity index is 1610. The van der Waals surface area contributed by atoms with Gasteiger partial charge in [0, 0.05) is 47.5 Å². The second kappa shape index (κ2) is 10.9. The van der Waals surface area contributed by atoms with Crippen molar-refractivity contribution < 1.29 is 0 Å². The predicted octanol–water partition coefficient (Wildman–Crippen LogP) is 6.26. The maximum Gasteiger partial charge on any atom is 0.0722 e. The number of terminal acetylenes is 1. The van der Waals surface area contributed by atoms with Crippen LogP contribution in [-0.4, -0.2) is 33.9 Å². The molecule has 2 aromatic carbocycles. The monoisotopic (exact) mass is 499 g/mol. The largest absolute Gasteiger partial charge is 0.397 e. The third kappa shape index (κ3) is 5.18. The lowest BCUT2D eigenvalue weighted by Crippen LogP contribution is -2.10. The third-order valence-corrected chi connectivity index (χ3v) is 7.09. The number of nitrogen functional groups attached to an aromatic ring is 1. The first-order chi connectivity index (χ1) is 18.5. The molecular formula is C33H33N5. The van der Waals surface area contributed by atoms with E-state index in [-0.39, 0.29) is 0 Å². The Hall–Kier alpha value is -4.40. The van der Waals surface area contributed by atoms with Crippen molar-refractivity contribution in [1.29, 1.82) is 0 Å². The molecule has 38 heavy (non-hydrogen) atoms. The normalized spacial score (nSPS) is 12.3. The molecule has 1 aliphatic rings. The lowest BCUT2D eigenvalue weighted by Gasteiger charge is -2.11. The van der Waals surface area contributed by atoms with E-state index in [1.807, 2.05) is 24.5 Å². The zero-order valence-corrected chi connectivity index (χ0v) is 22.0. The maximum absolute atomic E-state index is 6.38. The fourth-order valence-electron chi connectivity index (χ4n) is 5.37. The third-order valence-electron chi connectivity index (χ3n) is 7.09. The highest BCUT2D eigenvalue weighted by molar-refractivity contribution is 5.96. The van der Waals surface area contributed by atoms with Gasteiger partial charge in [-0.1, -0.05) is 30.3 Å². The number of hydrogen-bond donors (Lipinski definition) is 2. The first-order valence-electron chi connectivity index (χ1n) is 12.9. The molecule has 1 aliphatic carbocycles. The minimum atomic E-state index is 0.642. The van der Waals surface area contributed by atoms with E-state index >= 15 is 0 Å². The summed E-state index contributed by atoms with van der Waals surface area (Å²) in [4.78, 5) is 15.1. The number of anilines is 1. The van der Waals surface area contributed by atoms with Gasteiger partial charge in [-0.2, -0.15) is 0 Å². The van der Waals surface area contributed by atoms with Crippen LogP contribution in [0.5, 0.6) is 0 Å². The van der Waals surface area contributed by atoms with E-state index in [1.165, 1.54) is 46.9 Å². The van der Waals surface area contributed by atoms with Gasteiger partial charge >= 0.3 is 0 Å². The summed E-state index contributed by atoms with van der Waals surface area (Å²) < 4.78 is 0. The van der Waals surface area contributed by atoms with Gasteiger partial charge in [-0.05, 0) is 91.5 Å². The van der Waals surface area contributed by atoms with Crippen LogP contribution in [0.3, 0.4) is 0 Å². The highest BCUT2D eigenvalue weighted by Crippen LogP contribution is 2.33. The van der Waals surface area contributed by atoms with Gasteiger partial charge in [-0.25, -0.2) is 0 Å².